The number of benzene rings is 2. The minimum absolute atomic E-state index is 0.146. The Bertz CT molecular complexity index is 845. The zero-order chi connectivity index (χ0) is 19.4. The molecule has 3 rings (SSSR count). The van der Waals surface area contributed by atoms with Crippen molar-refractivity contribution in [2.75, 3.05) is 7.11 Å². The molecular formula is C21H22N2O4. The number of para-hydroxylation sites is 1. The molecule has 2 aromatic carbocycles. The zero-order valence-corrected chi connectivity index (χ0v) is 15.4. The molecule has 140 valence electrons. The highest BCUT2D eigenvalue weighted by atomic mass is 16.5. The van der Waals surface area contributed by atoms with E-state index in [0.29, 0.717) is 5.56 Å². The minimum Gasteiger partial charge on any atom is -0.496 e. The highest BCUT2D eigenvalue weighted by Crippen LogP contribution is 2.24. The van der Waals surface area contributed by atoms with Crippen molar-refractivity contribution in [2.45, 2.75) is 32.4 Å². The molecule has 6 nitrogen and oxygen atoms in total. The number of nitrogens with one attached hydrogen (secondary N) is 1. The van der Waals surface area contributed by atoms with E-state index in [0.717, 1.165) is 16.9 Å². The standard InChI is InChI=1S/C21H22N2O4/c1-14(17-5-3-4-6-18(17)27-2)22-21(26)16-9-7-15(8-10-16)13-23-19(24)11-12-20(23)25/h3-10,14H,11-13H2,1-2H3,(H,22,26). The first-order chi connectivity index (χ1) is 13.0. The van der Waals surface area contributed by atoms with Gasteiger partial charge in [0.15, 0.2) is 0 Å². The van der Waals surface area contributed by atoms with E-state index in [-0.39, 0.29) is 43.1 Å². The first-order valence-corrected chi connectivity index (χ1v) is 8.85. The fraction of sp³-hybridized carbons (Fsp3) is 0.286. The summed E-state index contributed by atoms with van der Waals surface area (Å²) in [5.41, 5.74) is 2.23. The summed E-state index contributed by atoms with van der Waals surface area (Å²) in [4.78, 5) is 37.2. The molecule has 2 aromatic rings. The van der Waals surface area contributed by atoms with Gasteiger partial charge in [-0.05, 0) is 30.7 Å². The highest BCUT2D eigenvalue weighted by Gasteiger charge is 2.28. The molecule has 0 radical (unpaired) electrons. The highest BCUT2D eigenvalue weighted by molar-refractivity contribution is 6.01. The number of hydrogen-bond acceptors (Lipinski definition) is 4. The van der Waals surface area contributed by atoms with E-state index in [1.54, 1.807) is 31.4 Å². The molecule has 1 heterocycles. The van der Waals surface area contributed by atoms with E-state index in [2.05, 4.69) is 5.32 Å². The van der Waals surface area contributed by atoms with E-state index in [9.17, 15) is 14.4 Å². The summed E-state index contributed by atoms with van der Waals surface area (Å²) in [7, 11) is 1.60. The Morgan fingerprint density at radius 1 is 1.07 bits per heavy atom. The number of methoxy groups -OCH3 is 1. The smallest absolute Gasteiger partial charge is 0.251 e. The Morgan fingerprint density at radius 3 is 2.33 bits per heavy atom. The third-order valence-corrected chi connectivity index (χ3v) is 4.66. The summed E-state index contributed by atoms with van der Waals surface area (Å²) in [5, 5.41) is 2.96. The van der Waals surface area contributed by atoms with Crippen molar-refractivity contribution in [3.05, 3.63) is 65.2 Å². The zero-order valence-electron chi connectivity index (χ0n) is 15.4. The molecule has 0 saturated carbocycles. The maximum atomic E-state index is 12.5. The van der Waals surface area contributed by atoms with Crippen LogP contribution in [0.25, 0.3) is 0 Å². The van der Waals surface area contributed by atoms with Gasteiger partial charge in [0.2, 0.25) is 11.8 Å². The Hall–Kier alpha value is -3.15. The number of likely N-dealkylation sites (tertiary alicyclic amines) is 1. The summed E-state index contributed by atoms with van der Waals surface area (Å²) in [6, 6.07) is 14.3. The molecule has 1 unspecified atom stereocenters. The van der Waals surface area contributed by atoms with E-state index >= 15 is 0 Å². The average molecular weight is 366 g/mol. The molecule has 27 heavy (non-hydrogen) atoms. The first-order valence-electron chi connectivity index (χ1n) is 8.85. The quantitative estimate of drug-likeness (QED) is 0.798. The summed E-state index contributed by atoms with van der Waals surface area (Å²) >= 11 is 0. The van der Waals surface area contributed by atoms with Crippen LogP contribution in [0, 0.1) is 0 Å². The Labute approximate surface area is 158 Å². The van der Waals surface area contributed by atoms with Gasteiger partial charge in [-0.25, -0.2) is 0 Å². The van der Waals surface area contributed by atoms with Crippen LogP contribution in [0.2, 0.25) is 0 Å². The average Bonchev–Trinajstić information content (AvgIpc) is 3.00. The summed E-state index contributed by atoms with van der Waals surface area (Å²) < 4.78 is 5.34. The number of amides is 3. The van der Waals surface area contributed by atoms with Gasteiger partial charge in [0.1, 0.15) is 5.75 Å². The van der Waals surface area contributed by atoms with Gasteiger partial charge in [0.05, 0.1) is 19.7 Å². The molecule has 1 fully saturated rings. The van der Waals surface area contributed by atoms with Gasteiger partial charge in [0.25, 0.3) is 5.91 Å². The molecule has 0 spiro atoms. The number of imide groups is 1. The molecule has 1 saturated heterocycles. The molecule has 1 aliphatic rings. The van der Waals surface area contributed by atoms with Gasteiger partial charge in [0, 0.05) is 24.0 Å². The fourth-order valence-electron chi connectivity index (χ4n) is 3.13. The van der Waals surface area contributed by atoms with E-state index in [1.165, 1.54) is 4.90 Å². The van der Waals surface area contributed by atoms with Crippen LogP contribution in [0.15, 0.2) is 48.5 Å². The lowest BCUT2D eigenvalue weighted by Crippen LogP contribution is -2.28. The van der Waals surface area contributed by atoms with Crippen molar-refractivity contribution >= 4 is 17.7 Å². The van der Waals surface area contributed by atoms with Gasteiger partial charge in [-0.1, -0.05) is 30.3 Å². The lowest BCUT2D eigenvalue weighted by Gasteiger charge is -2.17. The molecule has 1 N–H and O–H groups in total. The largest absolute Gasteiger partial charge is 0.496 e. The molecule has 1 aliphatic heterocycles. The molecular weight excluding hydrogens is 344 g/mol. The molecule has 0 aliphatic carbocycles. The maximum absolute atomic E-state index is 12.5. The first kappa shape index (κ1) is 18.6. The van der Waals surface area contributed by atoms with Gasteiger partial charge in [-0.15, -0.1) is 0 Å². The van der Waals surface area contributed by atoms with E-state index in [1.807, 2.05) is 31.2 Å². The molecule has 1 atom stereocenters. The predicted molar refractivity (Wildman–Crippen MR) is 100 cm³/mol. The molecule has 0 bridgehead atoms. The Balaban J connectivity index is 1.65. The third-order valence-electron chi connectivity index (χ3n) is 4.66. The third kappa shape index (κ3) is 4.16. The molecule has 3 amide bonds. The van der Waals surface area contributed by atoms with Crippen LogP contribution in [0.4, 0.5) is 0 Å². The number of carbonyl (C=O) groups excluding carboxylic acids is 3. The van der Waals surface area contributed by atoms with Gasteiger partial charge >= 0.3 is 0 Å². The summed E-state index contributed by atoms with van der Waals surface area (Å²) in [6.45, 7) is 2.14. The normalized spacial score (nSPS) is 15.0. The second-order valence-corrected chi connectivity index (χ2v) is 6.51. The Kier molecular flexibility index (Phi) is 5.54. The number of nitrogens with zero attached hydrogens (tertiary/aromatic N) is 1. The number of rotatable bonds is 6. The van der Waals surface area contributed by atoms with Gasteiger partial charge < -0.3 is 10.1 Å². The maximum Gasteiger partial charge on any atom is 0.251 e. The van der Waals surface area contributed by atoms with Crippen molar-refractivity contribution in [1.82, 2.24) is 10.2 Å². The predicted octanol–water partition coefficient (Wildman–Crippen LogP) is 2.84. The second kappa shape index (κ2) is 8.03. The van der Waals surface area contributed by atoms with Crippen LogP contribution in [0.3, 0.4) is 0 Å². The SMILES string of the molecule is COc1ccccc1C(C)NC(=O)c1ccc(CN2C(=O)CCC2=O)cc1. The molecule has 6 heteroatoms. The minimum atomic E-state index is -0.215. The second-order valence-electron chi connectivity index (χ2n) is 6.51. The Morgan fingerprint density at radius 2 is 1.70 bits per heavy atom. The van der Waals surface area contributed by atoms with Crippen molar-refractivity contribution < 1.29 is 19.1 Å². The summed E-state index contributed by atoms with van der Waals surface area (Å²) in [5.74, 6) is 0.230. The van der Waals surface area contributed by atoms with E-state index < -0.39 is 0 Å². The number of hydrogen-bond donors (Lipinski definition) is 1. The van der Waals surface area contributed by atoms with Gasteiger partial charge in [-0.2, -0.15) is 0 Å². The number of ether oxygens (including phenoxy) is 1. The van der Waals surface area contributed by atoms with Crippen LogP contribution < -0.4 is 10.1 Å². The summed E-state index contributed by atoms with van der Waals surface area (Å²) in [6.07, 6.45) is 0.556. The van der Waals surface area contributed by atoms with Crippen LogP contribution in [-0.2, 0) is 16.1 Å². The van der Waals surface area contributed by atoms with Crippen molar-refractivity contribution in [1.29, 1.82) is 0 Å². The lowest BCUT2D eigenvalue weighted by molar-refractivity contribution is -0.139. The fourth-order valence-corrected chi connectivity index (χ4v) is 3.13. The van der Waals surface area contributed by atoms with Crippen LogP contribution >= 0.6 is 0 Å². The monoisotopic (exact) mass is 366 g/mol. The lowest BCUT2D eigenvalue weighted by atomic mass is 10.1. The van der Waals surface area contributed by atoms with Crippen molar-refractivity contribution in [3.8, 4) is 5.75 Å². The van der Waals surface area contributed by atoms with Crippen LogP contribution in [0.1, 0.15) is 47.3 Å². The van der Waals surface area contributed by atoms with Crippen molar-refractivity contribution in [2.24, 2.45) is 0 Å². The van der Waals surface area contributed by atoms with Crippen LogP contribution in [0.5, 0.6) is 5.75 Å². The van der Waals surface area contributed by atoms with Crippen LogP contribution in [-0.4, -0.2) is 29.7 Å². The number of carbonyl (C=O) groups is 3. The molecule has 0 aromatic heterocycles. The van der Waals surface area contributed by atoms with Crippen molar-refractivity contribution in [3.63, 3.8) is 0 Å². The van der Waals surface area contributed by atoms with E-state index in [4.69, 9.17) is 4.74 Å². The topological polar surface area (TPSA) is 75.7 Å². The van der Waals surface area contributed by atoms with Gasteiger partial charge in [-0.3, -0.25) is 19.3 Å².